The molecule has 0 spiro atoms. The molecule has 0 bridgehead atoms. The summed E-state index contributed by atoms with van der Waals surface area (Å²) < 4.78 is 5.62. The van der Waals surface area contributed by atoms with Crippen LogP contribution in [0.15, 0.2) is 47.7 Å². The maximum atomic E-state index is 5.99. The van der Waals surface area contributed by atoms with Crippen LogP contribution in [0.1, 0.15) is 19.0 Å². The van der Waals surface area contributed by atoms with Gasteiger partial charge in [0.05, 0.1) is 17.3 Å². The number of nitrogens with one attached hydrogen (secondary N) is 1. The number of aromatic nitrogens is 1. The number of halogens is 1. The van der Waals surface area contributed by atoms with E-state index in [1.807, 2.05) is 6.07 Å². The van der Waals surface area contributed by atoms with Crippen molar-refractivity contribution in [2.75, 3.05) is 31.1 Å². The lowest BCUT2D eigenvalue weighted by Gasteiger charge is -2.42. The summed E-state index contributed by atoms with van der Waals surface area (Å²) in [4.78, 5) is 8.93. The van der Waals surface area contributed by atoms with Crippen molar-refractivity contribution in [1.82, 2.24) is 15.3 Å². The number of ether oxygens (including phenoxy) is 1. The lowest BCUT2D eigenvalue weighted by molar-refractivity contribution is 0.317. The predicted molar refractivity (Wildman–Crippen MR) is 116 cm³/mol. The van der Waals surface area contributed by atoms with Crippen LogP contribution >= 0.6 is 23.8 Å². The highest BCUT2D eigenvalue weighted by Crippen LogP contribution is 2.26. The molecule has 2 aromatic rings. The van der Waals surface area contributed by atoms with E-state index in [0.29, 0.717) is 40.6 Å². The van der Waals surface area contributed by atoms with Gasteiger partial charge in [0.2, 0.25) is 0 Å². The van der Waals surface area contributed by atoms with Crippen LogP contribution in [-0.4, -0.2) is 53.0 Å². The number of hydrogen-bond donors (Lipinski definition) is 1. The lowest BCUT2D eigenvalue weighted by Crippen LogP contribution is -2.55. The minimum absolute atomic E-state index is 0.358. The molecule has 2 aliphatic heterocycles. The molecule has 8 heteroatoms. The summed E-state index contributed by atoms with van der Waals surface area (Å²) in [5, 5.41) is 5.70. The molecule has 6 nitrogen and oxygen atoms in total. The first-order chi connectivity index (χ1) is 13.6. The van der Waals surface area contributed by atoms with Crippen molar-refractivity contribution in [1.29, 1.82) is 0 Å². The molecule has 0 radical (unpaired) electrons. The van der Waals surface area contributed by atoms with Gasteiger partial charge < -0.3 is 14.5 Å². The number of rotatable bonds is 2. The summed E-state index contributed by atoms with van der Waals surface area (Å²) in [6.07, 6.45) is 2.28. The van der Waals surface area contributed by atoms with E-state index in [1.165, 1.54) is 5.69 Å². The summed E-state index contributed by atoms with van der Waals surface area (Å²) in [6.45, 7) is 5.38. The van der Waals surface area contributed by atoms with Gasteiger partial charge in [-0.25, -0.2) is 4.98 Å². The minimum atomic E-state index is 0.358. The van der Waals surface area contributed by atoms with Crippen LogP contribution in [0.2, 0.25) is 5.02 Å². The third-order valence-electron chi connectivity index (χ3n) is 4.98. The van der Waals surface area contributed by atoms with Crippen LogP contribution in [0.4, 0.5) is 5.69 Å². The van der Waals surface area contributed by atoms with Crippen LogP contribution in [0.5, 0.6) is 5.75 Å². The molecule has 1 unspecified atom stereocenters. The van der Waals surface area contributed by atoms with Gasteiger partial charge in [-0.2, -0.15) is 5.10 Å². The summed E-state index contributed by atoms with van der Waals surface area (Å²) in [6, 6.07) is 12.6. The average Bonchev–Trinajstić information content (AvgIpc) is 2.72. The number of pyridine rings is 1. The number of piperazine rings is 1. The van der Waals surface area contributed by atoms with Gasteiger partial charge in [-0.3, -0.25) is 5.43 Å². The zero-order valence-electron chi connectivity index (χ0n) is 15.6. The second-order valence-electron chi connectivity index (χ2n) is 6.90. The van der Waals surface area contributed by atoms with Gasteiger partial charge in [0.1, 0.15) is 11.4 Å². The van der Waals surface area contributed by atoms with Crippen molar-refractivity contribution in [3.63, 3.8) is 0 Å². The molecule has 0 amide bonds. The van der Waals surface area contributed by atoms with Crippen LogP contribution in [0.3, 0.4) is 0 Å². The summed E-state index contributed by atoms with van der Waals surface area (Å²) in [5.41, 5.74) is 5.84. The highest BCUT2D eigenvalue weighted by molar-refractivity contribution is 7.80. The minimum Gasteiger partial charge on any atom is -0.491 e. The van der Waals surface area contributed by atoms with Gasteiger partial charge >= 0.3 is 0 Å². The maximum absolute atomic E-state index is 5.99. The van der Waals surface area contributed by atoms with Gasteiger partial charge in [0.25, 0.3) is 0 Å². The van der Waals surface area contributed by atoms with E-state index in [0.717, 1.165) is 25.3 Å². The third kappa shape index (κ3) is 4.05. The van der Waals surface area contributed by atoms with Gasteiger partial charge in [0.15, 0.2) is 5.11 Å². The van der Waals surface area contributed by atoms with E-state index < -0.39 is 0 Å². The molecule has 1 fully saturated rings. The van der Waals surface area contributed by atoms with E-state index in [1.54, 1.807) is 12.3 Å². The van der Waals surface area contributed by atoms with Crippen molar-refractivity contribution in [2.45, 2.75) is 19.4 Å². The summed E-state index contributed by atoms with van der Waals surface area (Å²) in [5.74, 6) is 0.662. The zero-order chi connectivity index (χ0) is 19.5. The van der Waals surface area contributed by atoms with Crippen LogP contribution < -0.4 is 15.1 Å². The van der Waals surface area contributed by atoms with Crippen molar-refractivity contribution < 1.29 is 4.74 Å². The van der Waals surface area contributed by atoms with Crippen LogP contribution in [-0.2, 0) is 0 Å². The first kappa shape index (κ1) is 19.0. The van der Waals surface area contributed by atoms with E-state index >= 15 is 0 Å². The molecule has 1 N–H and O–H groups in total. The molecule has 1 saturated heterocycles. The van der Waals surface area contributed by atoms with Gasteiger partial charge in [-0.15, -0.1) is 0 Å². The monoisotopic (exact) mass is 415 g/mol. The molecule has 1 aromatic heterocycles. The molecule has 4 rings (SSSR count). The van der Waals surface area contributed by atoms with Crippen molar-refractivity contribution >= 4 is 40.3 Å². The molecule has 1 aromatic carbocycles. The highest BCUT2D eigenvalue weighted by atomic mass is 35.5. The Bertz CT molecular complexity index is 891. The first-order valence-electron chi connectivity index (χ1n) is 9.33. The van der Waals surface area contributed by atoms with E-state index in [-0.39, 0.29) is 0 Å². The Hall–Kier alpha value is -2.38. The highest BCUT2D eigenvalue weighted by Gasteiger charge is 2.25. The number of nitrogens with zero attached hydrogens (tertiary/aromatic N) is 4. The Labute approximate surface area is 175 Å². The fraction of sp³-hybridized carbons (Fsp3) is 0.350. The number of hydrazone groups is 1. The molecular weight excluding hydrogens is 394 g/mol. The summed E-state index contributed by atoms with van der Waals surface area (Å²) >= 11 is 11.6. The molecule has 146 valence electrons. The SMILES string of the molecule is CC1CN(C(=S)N/N=C2/CCOc3cc(Cl)cnc32)CCN1c1ccccc1. The van der Waals surface area contributed by atoms with Gasteiger partial charge in [-0.05, 0) is 31.3 Å². The standard InChI is InChI=1S/C20H22ClN5OS/c1-14-13-25(8-9-26(14)16-5-3-2-4-6-16)20(28)24-23-17-7-10-27-18-11-15(21)12-22-19(17)18/h2-6,11-12,14H,7-10,13H2,1H3,(H,24,28)/b23-17-. The third-order valence-corrected chi connectivity index (χ3v) is 5.53. The number of benzene rings is 1. The second kappa shape index (κ2) is 8.32. The van der Waals surface area contributed by atoms with Crippen molar-refractivity contribution in [3.8, 4) is 5.75 Å². The topological polar surface area (TPSA) is 53.0 Å². The zero-order valence-corrected chi connectivity index (χ0v) is 17.2. The average molecular weight is 416 g/mol. The van der Waals surface area contributed by atoms with Crippen molar-refractivity contribution in [3.05, 3.63) is 53.3 Å². The number of anilines is 1. The predicted octanol–water partition coefficient (Wildman–Crippen LogP) is 3.31. The van der Waals surface area contributed by atoms with E-state index in [2.05, 4.69) is 56.5 Å². The maximum Gasteiger partial charge on any atom is 0.189 e. The lowest BCUT2D eigenvalue weighted by atomic mass is 10.1. The van der Waals surface area contributed by atoms with E-state index in [4.69, 9.17) is 28.6 Å². The summed E-state index contributed by atoms with van der Waals surface area (Å²) in [7, 11) is 0. The Morgan fingerprint density at radius 1 is 1.32 bits per heavy atom. The molecule has 3 heterocycles. The fourth-order valence-electron chi connectivity index (χ4n) is 3.56. The van der Waals surface area contributed by atoms with E-state index in [9.17, 15) is 0 Å². The normalized spacial score (nSPS) is 20.5. The van der Waals surface area contributed by atoms with Gasteiger partial charge in [-0.1, -0.05) is 29.8 Å². The number of para-hydroxylation sites is 1. The molecular formula is C20H22ClN5OS. The first-order valence-corrected chi connectivity index (χ1v) is 10.1. The number of fused-ring (bicyclic) bond motifs is 1. The molecule has 0 aliphatic carbocycles. The molecule has 2 aliphatic rings. The second-order valence-corrected chi connectivity index (χ2v) is 7.72. The smallest absolute Gasteiger partial charge is 0.189 e. The Balaban J connectivity index is 1.40. The number of hydrogen-bond acceptors (Lipinski definition) is 5. The number of thiocarbonyl (C=S) groups is 1. The quantitative estimate of drug-likeness (QED) is 0.600. The Morgan fingerprint density at radius 2 is 2.14 bits per heavy atom. The Morgan fingerprint density at radius 3 is 2.93 bits per heavy atom. The molecule has 28 heavy (non-hydrogen) atoms. The van der Waals surface area contributed by atoms with Crippen LogP contribution in [0.25, 0.3) is 0 Å². The van der Waals surface area contributed by atoms with Crippen LogP contribution in [0, 0.1) is 0 Å². The fourth-order valence-corrected chi connectivity index (χ4v) is 3.92. The molecule has 1 atom stereocenters. The van der Waals surface area contributed by atoms with Gasteiger partial charge in [0, 0.05) is 50.0 Å². The van der Waals surface area contributed by atoms with Crippen molar-refractivity contribution in [2.24, 2.45) is 5.10 Å². The largest absolute Gasteiger partial charge is 0.491 e. The Kier molecular flexibility index (Phi) is 5.64. The molecule has 0 saturated carbocycles.